The zero-order chi connectivity index (χ0) is 23.2. The van der Waals surface area contributed by atoms with Gasteiger partial charge in [-0.3, -0.25) is 14.2 Å². The van der Waals surface area contributed by atoms with E-state index < -0.39 is 0 Å². The molecule has 0 bridgehead atoms. The molecule has 0 fully saturated rings. The van der Waals surface area contributed by atoms with Gasteiger partial charge in [-0.25, -0.2) is 10.4 Å². The molecule has 3 aromatic carbocycles. The number of thioether (sulfide) groups is 1. The summed E-state index contributed by atoms with van der Waals surface area (Å²) in [4.78, 5) is 30.1. The topological polar surface area (TPSA) is 106 Å². The second-order valence-corrected chi connectivity index (χ2v) is 7.81. The summed E-state index contributed by atoms with van der Waals surface area (Å²) in [7, 11) is 1.45. The van der Waals surface area contributed by atoms with Crippen LogP contribution in [0.3, 0.4) is 0 Å². The minimum absolute atomic E-state index is 0.0148. The first kappa shape index (κ1) is 22.1. The number of methoxy groups -OCH3 is 1. The first-order valence-corrected chi connectivity index (χ1v) is 10.9. The van der Waals surface area contributed by atoms with Crippen LogP contribution in [0.4, 0.5) is 0 Å². The van der Waals surface area contributed by atoms with Crippen LogP contribution in [0.25, 0.3) is 16.6 Å². The van der Waals surface area contributed by atoms with Crippen molar-refractivity contribution < 1.29 is 14.6 Å². The van der Waals surface area contributed by atoms with Gasteiger partial charge in [-0.05, 0) is 36.4 Å². The second-order valence-electron chi connectivity index (χ2n) is 6.87. The number of carbonyl (C=O) groups is 1. The summed E-state index contributed by atoms with van der Waals surface area (Å²) < 4.78 is 6.55. The van der Waals surface area contributed by atoms with Crippen molar-refractivity contribution in [2.75, 3.05) is 12.9 Å². The largest absolute Gasteiger partial charge is 0.504 e. The fraction of sp³-hybridized carbons (Fsp3) is 0.0833. The molecule has 0 saturated heterocycles. The van der Waals surface area contributed by atoms with Crippen LogP contribution in [0.5, 0.6) is 11.5 Å². The summed E-state index contributed by atoms with van der Waals surface area (Å²) >= 11 is 1.13. The smallest absolute Gasteiger partial charge is 0.266 e. The van der Waals surface area contributed by atoms with Crippen molar-refractivity contribution in [1.82, 2.24) is 15.0 Å². The van der Waals surface area contributed by atoms with Crippen molar-refractivity contribution in [2.45, 2.75) is 5.16 Å². The predicted octanol–water partition coefficient (Wildman–Crippen LogP) is 3.34. The van der Waals surface area contributed by atoms with Crippen LogP contribution in [0.15, 0.2) is 87.8 Å². The molecule has 1 aromatic heterocycles. The molecule has 0 aliphatic rings. The minimum atomic E-state index is -0.388. The van der Waals surface area contributed by atoms with E-state index in [1.807, 2.05) is 36.4 Å². The average Bonchev–Trinajstić information content (AvgIpc) is 2.84. The van der Waals surface area contributed by atoms with E-state index in [4.69, 9.17) is 4.74 Å². The Morgan fingerprint density at radius 3 is 2.67 bits per heavy atom. The van der Waals surface area contributed by atoms with E-state index in [0.29, 0.717) is 33.1 Å². The molecule has 0 aliphatic heterocycles. The van der Waals surface area contributed by atoms with Gasteiger partial charge in [0, 0.05) is 5.56 Å². The minimum Gasteiger partial charge on any atom is -0.504 e. The first-order chi connectivity index (χ1) is 16.1. The molecule has 0 radical (unpaired) electrons. The zero-order valence-corrected chi connectivity index (χ0v) is 18.5. The number of aromatic nitrogens is 2. The molecule has 1 heterocycles. The van der Waals surface area contributed by atoms with Crippen molar-refractivity contribution in [2.24, 2.45) is 5.10 Å². The monoisotopic (exact) mass is 460 g/mol. The van der Waals surface area contributed by atoms with Gasteiger partial charge in [-0.15, -0.1) is 0 Å². The van der Waals surface area contributed by atoms with Gasteiger partial charge < -0.3 is 9.84 Å². The van der Waals surface area contributed by atoms with E-state index in [1.54, 1.807) is 36.4 Å². The van der Waals surface area contributed by atoms with E-state index in [2.05, 4.69) is 15.5 Å². The van der Waals surface area contributed by atoms with Crippen LogP contribution in [0, 0.1) is 0 Å². The highest BCUT2D eigenvalue weighted by Gasteiger charge is 2.14. The van der Waals surface area contributed by atoms with Crippen molar-refractivity contribution in [1.29, 1.82) is 0 Å². The van der Waals surface area contributed by atoms with Crippen LogP contribution >= 0.6 is 11.8 Å². The number of nitrogens with one attached hydrogen (secondary N) is 1. The van der Waals surface area contributed by atoms with E-state index >= 15 is 0 Å². The maximum atomic E-state index is 13.2. The maximum absolute atomic E-state index is 13.2. The number of hydrogen-bond donors (Lipinski definition) is 2. The second kappa shape index (κ2) is 10.0. The van der Waals surface area contributed by atoms with Crippen molar-refractivity contribution in [3.63, 3.8) is 0 Å². The standard InChI is InChI=1S/C24H20N4O4S/c1-32-20-13-7-8-16(22(20)30)14-25-27-21(29)15-33-24-26-19-12-6-5-11-18(19)23(31)28(24)17-9-3-2-4-10-17/h2-14,30H,15H2,1H3,(H,27,29)/b25-14+. The van der Waals surface area contributed by atoms with Crippen LogP contribution in [-0.2, 0) is 4.79 Å². The van der Waals surface area contributed by atoms with Crippen molar-refractivity contribution in [3.8, 4) is 17.2 Å². The Balaban J connectivity index is 1.53. The number of ether oxygens (including phenoxy) is 1. The van der Waals surface area contributed by atoms with Crippen molar-refractivity contribution in [3.05, 3.63) is 88.7 Å². The van der Waals surface area contributed by atoms with Crippen LogP contribution in [-0.4, -0.2) is 39.6 Å². The highest BCUT2D eigenvalue weighted by molar-refractivity contribution is 7.99. The van der Waals surface area contributed by atoms with Crippen LogP contribution < -0.4 is 15.7 Å². The van der Waals surface area contributed by atoms with Gasteiger partial charge in [0.2, 0.25) is 0 Å². The van der Waals surface area contributed by atoms with E-state index in [1.165, 1.54) is 17.9 Å². The number of fused-ring (bicyclic) bond motifs is 1. The van der Waals surface area contributed by atoms with E-state index in [9.17, 15) is 14.7 Å². The highest BCUT2D eigenvalue weighted by atomic mass is 32.2. The summed E-state index contributed by atoms with van der Waals surface area (Å²) in [6, 6.07) is 21.2. The summed E-state index contributed by atoms with van der Waals surface area (Å²) in [5.74, 6) is -0.165. The number of hydrogen-bond acceptors (Lipinski definition) is 7. The number of amides is 1. The van der Waals surface area contributed by atoms with Gasteiger partial charge in [0.1, 0.15) is 0 Å². The Kier molecular flexibility index (Phi) is 6.70. The molecule has 9 heteroatoms. The van der Waals surface area contributed by atoms with Gasteiger partial charge in [0.25, 0.3) is 11.5 Å². The fourth-order valence-electron chi connectivity index (χ4n) is 3.16. The molecule has 1 amide bonds. The number of carbonyl (C=O) groups excluding carboxylic acids is 1. The summed E-state index contributed by atoms with van der Waals surface area (Å²) in [5, 5.41) is 14.9. The summed E-state index contributed by atoms with van der Waals surface area (Å²) in [6.07, 6.45) is 1.33. The highest BCUT2D eigenvalue weighted by Crippen LogP contribution is 2.28. The quantitative estimate of drug-likeness (QED) is 0.190. The third-order valence-electron chi connectivity index (χ3n) is 4.73. The predicted molar refractivity (Wildman–Crippen MR) is 128 cm³/mol. The van der Waals surface area contributed by atoms with Crippen molar-refractivity contribution >= 4 is 34.8 Å². The molecule has 4 aromatic rings. The molecule has 2 N–H and O–H groups in total. The lowest BCUT2D eigenvalue weighted by molar-refractivity contribution is -0.118. The Labute approximate surface area is 193 Å². The molecule has 0 spiro atoms. The molecule has 33 heavy (non-hydrogen) atoms. The number of benzene rings is 3. The third kappa shape index (κ3) is 4.88. The number of phenols is 1. The number of rotatable bonds is 7. The molecular formula is C24H20N4O4S. The maximum Gasteiger partial charge on any atom is 0.266 e. The molecular weight excluding hydrogens is 440 g/mol. The van der Waals surface area contributed by atoms with Gasteiger partial charge in [0.15, 0.2) is 16.7 Å². The Hall–Kier alpha value is -4.11. The number of para-hydroxylation sites is 3. The summed E-state index contributed by atoms with van der Waals surface area (Å²) in [6.45, 7) is 0. The van der Waals surface area contributed by atoms with Gasteiger partial charge in [0.05, 0.1) is 35.7 Å². The Morgan fingerprint density at radius 2 is 1.88 bits per heavy atom. The Morgan fingerprint density at radius 1 is 1.12 bits per heavy atom. The first-order valence-electron chi connectivity index (χ1n) is 9.96. The lowest BCUT2D eigenvalue weighted by Gasteiger charge is -2.12. The zero-order valence-electron chi connectivity index (χ0n) is 17.6. The van der Waals surface area contributed by atoms with E-state index in [0.717, 1.165) is 11.8 Å². The Bertz CT molecular complexity index is 1390. The normalized spacial score (nSPS) is 11.1. The lowest BCUT2D eigenvalue weighted by atomic mass is 10.2. The van der Waals surface area contributed by atoms with Crippen LogP contribution in [0.2, 0.25) is 0 Å². The van der Waals surface area contributed by atoms with Gasteiger partial charge in [-0.1, -0.05) is 48.2 Å². The number of phenolic OH excluding ortho intramolecular Hbond substituents is 1. The third-order valence-corrected chi connectivity index (χ3v) is 5.67. The molecule has 0 unspecified atom stereocenters. The number of nitrogens with zero attached hydrogens (tertiary/aromatic N) is 3. The van der Waals surface area contributed by atoms with Gasteiger partial charge >= 0.3 is 0 Å². The SMILES string of the molecule is COc1cccc(/C=N/NC(=O)CSc2nc3ccccc3c(=O)n2-c2ccccc2)c1O. The molecule has 0 aliphatic carbocycles. The molecule has 4 rings (SSSR count). The lowest BCUT2D eigenvalue weighted by Crippen LogP contribution is -2.24. The van der Waals surface area contributed by atoms with Gasteiger partial charge in [-0.2, -0.15) is 5.10 Å². The summed E-state index contributed by atoms with van der Waals surface area (Å²) in [5.41, 5.74) is 3.83. The molecule has 0 saturated carbocycles. The molecule has 166 valence electrons. The molecule has 8 nitrogen and oxygen atoms in total. The van der Waals surface area contributed by atoms with Crippen LogP contribution in [0.1, 0.15) is 5.56 Å². The average molecular weight is 461 g/mol. The molecule has 0 atom stereocenters. The van der Waals surface area contributed by atoms with E-state index in [-0.39, 0.29) is 23.0 Å². The fourth-order valence-corrected chi connectivity index (χ4v) is 3.96. The number of aromatic hydroxyl groups is 1. The number of hydrazone groups is 1.